The number of amidine groups is 1. The maximum atomic E-state index is 5.96. The van der Waals surface area contributed by atoms with Crippen molar-refractivity contribution in [2.24, 2.45) is 16.5 Å². The SMILES string of the molecule is COc1ccc2c(Nc3ccc(Cl)cc3)nc(N=C(N)/C=C(/C)N)cc2c1. The van der Waals surface area contributed by atoms with Crippen molar-refractivity contribution in [3.05, 3.63) is 65.3 Å². The molecule has 6 nitrogen and oxygen atoms in total. The van der Waals surface area contributed by atoms with Gasteiger partial charge < -0.3 is 21.5 Å². The number of benzene rings is 2. The summed E-state index contributed by atoms with van der Waals surface area (Å²) >= 11 is 5.96. The van der Waals surface area contributed by atoms with E-state index < -0.39 is 0 Å². The number of hydrogen-bond donors (Lipinski definition) is 3. The second-order valence-electron chi connectivity index (χ2n) is 5.97. The Kier molecular flexibility index (Phi) is 5.47. The van der Waals surface area contributed by atoms with Crippen molar-refractivity contribution in [3.8, 4) is 5.75 Å². The molecule has 2 aromatic carbocycles. The van der Waals surface area contributed by atoms with Gasteiger partial charge in [0.1, 0.15) is 17.4 Å². The van der Waals surface area contributed by atoms with Crippen LogP contribution in [0.2, 0.25) is 5.02 Å². The molecule has 0 saturated heterocycles. The molecule has 1 aromatic heterocycles. The van der Waals surface area contributed by atoms with E-state index in [1.807, 2.05) is 48.5 Å². The highest BCUT2D eigenvalue weighted by Gasteiger charge is 2.08. The van der Waals surface area contributed by atoms with Gasteiger partial charge in [-0.15, -0.1) is 0 Å². The Morgan fingerprint density at radius 2 is 1.89 bits per heavy atom. The van der Waals surface area contributed by atoms with Crippen LogP contribution in [0.5, 0.6) is 5.75 Å². The van der Waals surface area contributed by atoms with Gasteiger partial charge in [0, 0.05) is 21.8 Å². The molecule has 0 saturated carbocycles. The zero-order valence-corrected chi connectivity index (χ0v) is 15.8. The standard InChI is InChI=1S/C20H20ClN5O/c1-12(22)9-18(23)25-19-11-13-10-16(27-2)7-8-17(13)20(26-19)24-15-5-3-14(21)4-6-15/h3-11H,22H2,1-2H3,(H3,23,24,25,26)/b12-9-. The van der Waals surface area contributed by atoms with Crippen molar-refractivity contribution in [1.82, 2.24) is 4.98 Å². The summed E-state index contributed by atoms with van der Waals surface area (Å²) in [5.74, 6) is 2.13. The maximum absolute atomic E-state index is 5.96. The predicted octanol–water partition coefficient (Wildman–Crippen LogP) is 4.49. The molecule has 0 radical (unpaired) electrons. The number of halogens is 1. The normalized spacial score (nSPS) is 12.3. The first-order valence-corrected chi connectivity index (χ1v) is 8.62. The van der Waals surface area contributed by atoms with Crippen molar-refractivity contribution in [1.29, 1.82) is 0 Å². The highest BCUT2D eigenvalue weighted by molar-refractivity contribution is 6.30. The number of ether oxygens (including phenoxy) is 1. The third-order valence-corrected chi connectivity index (χ3v) is 4.00. The minimum Gasteiger partial charge on any atom is -0.497 e. The number of hydrogen-bond acceptors (Lipinski definition) is 5. The predicted molar refractivity (Wildman–Crippen MR) is 112 cm³/mol. The number of nitrogens with two attached hydrogens (primary N) is 2. The second kappa shape index (κ2) is 7.97. The third kappa shape index (κ3) is 4.68. The van der Waals surface area contributed by atoms with E-state index in [0.717, 1.165) is 22.2 Å². The molecule has 0 bridgehead atoms. The molecule has 0 spiro atoms. The van der Waals surface area contributed by atoms with Gasteiger partial charge in [-0.2, -0.15) is 0 Å². The van der Waals surface area contributed by atoms with Gasteiger partial charge in [-0.25, -0.2) is 9.98 Å². The molecule has 0 fully saturated rings. The highest BCUT2D eigenvalue weighted by atomic mass is 35.5. The fourth-order valence-electron chi connectivity index (χ4n) is 2.57. The van der Waals surface area contributed by atoms with Gasteiger partial charge in [-0.3, -0.25) is 0 Å². The van der Waals surface area contributed by atoms with E-state index in [4.69, 9.17) is 27.8 Å². The topological polar surface area (TPSA) is 98.5 Å². The van der Waals surface area contributed by atoms with Gasteiger partial charge in [0.25, 0.3) is 0 Å². The number of fused-ring (bicyclic) bond motifs is 1. The van der Waals surface area contributed by atoms with Gasteiger partial charge in [0.15, 0.2) is 5.82 Å². The van der Waals surface area contributed by atoms with Crippen LogP contribution in [0.1, 0.15) is 6.92 Å². The number of pyridine rings is 1. The quantitative estimate of drug-likeness (QED) is 0.446. The minimum atomic E-state index is 0.280. The van der Waals surface area contributed by atoms with Crippen LogP contribution in [0.25, 0.3) is 10.8 Å². The monoisotopic (exact) mass is 381 g/mol. The molecule has 0 aliphatic rings. The van der Waals surface area contributed by atoms with Crippen LogP contribution in [0.3, 0.4) is 0 Å². The molecule has 138 valence electrons. The zero-order valence-electron chi connectivity index (χ0n) is 15.0. The van der Waals surface area contributed by atoms with E-state index in [2.05, 4.69) is 15.3 Å². The number of anilines is 2. The lowest BCUT2D eigenvalue weighted by molar-refractivity contribution is 0.415. The molecule has 5 N–H and O–H groups in total. The van der Waals surface area contributed by atoms with Gasteiger partial charge in [-0.05, 0) is 66.9 Å². The van der Waals surface area contributed by atoms with Crippen molar-refractivity contribution in [2.45, 2.75) is 6.92 Å². The summed E-state index contributed by atoms with van der Waals surface area (Å²) in [5, 5.41) is 5.81. The number of methoxy groups -OCH3 is 1. The van der Waals surface area contributed by atoms with Gasteiger partial charge in [0.05, 0.1) is 7.11 Å². The summed E-state index contributed by atoms with van der Waals surface area (Å²) < 4.78 is 5.33. The molecular weight excluding hydrogens is 362 g/mol. The van der Waals surface area contributed by atoms with Gasteiger partial charge in [0.2, 0.25) is 0 Å². The Hall–Kier alpha value is -3.25. The van der Waals surface area contributed by atoms with Crippen LogP contribution in [0.4, 0.5) is 17.3 Å². The molecule has 0 aliphatic carbocycles. The number of aliphatic imine (C=N–C) groups is 1. The van der Waals surface area contributed by atoms with Crippen LogP contribution < -0.4 is 21.5 Å². The highest BCUT2D eigenvalue weighted by Crippen LogP contribution is 2.31. The van der Waals surface area contributed by atoms with E-state index in [0.29, 0.717) is 22.4 Å². The van der Waals surface area contributed by atoms with Crippen LogP contribution in [-0.4, -0.2) is 17.9 Å². The Morgan fingerprint density at radius 3 is 2.56 bits per heavy atom. The van der Waals surface area contributed by atoms with E-state index in [1.54, 1.807) is 20.1 Å². The largest absolute Gasteiger partial charge is 0.497 e. The molecule has 0 amide bonds. The molecule has 0 unspecified atom stereocenters. The first-order chi connectivity index (χ1) is 12.9. The molecule has 0 aliphatic heterocycles. The van der Waals surface area contributed by atoms with E-state index in [-0.39, 0.29) is 5.84 Å². The van der Waals surface area contributed by atoms with Crippen molar-refractivity contribution < 1.29 is 4.74 Å². The number of allylic oxidation sites excluding steroid dienone is 1. The van der Waals surface area contributed by atoms with Crippen LogP contribution >= 0.6 is 11.6 Å². The fraction of sp³-hybridized carbons (Fsp3) is 0.100. The molecule has 27 heavy (non-hydrogen) atoms. The Balaban J connectivity index is 2.11. The number of aromatic nitrogens is 1. The van der Waals surface area contributed by atoms with Crippen LogP contribution in [0.15, 0.2) is 65.3 Å². The first kappa shape index (κ1) is 18.5. The summed E-state index contributed by atoms with van der Waals surface area (Å²) in [6.07, 6.45) is 1.59. The van der Waals surface area contributed by atoms with Crippen LogP contribution in [-0.2, 0) is 0 Å². The molecular formula is C20H20ClN5O. The molecule has 0 atom stereocenters. The Labute approximate surface area is 162 Å². The summed E-state index contributed by atoms with van der Waals surface area (Å²) in [6.45, 7) is 1.74. The number of rotatable bonds is 5. The van der Waals surface area contributed by atoms with Crippen LogP contribution in [0, 0.1) is 0 Å². The summed E-state index contributed by atoms with van der Waals surface area (Å²) in [7, 11) is 1.63. The minimum absolute atomic E-state index is 0.280. The first-order valence-electron chi connectivity index (χ1n) is 8.24. The average molecular weight is 382 g/mol. The zero-order chi connectivity index (χ0) is 19.4. The lowest BCUT2D eigenvalue weighted by atomic mass is 10.1. The second-order valence-corrected chi connectivity index (χ2v) is 6.41. The molecule has 1 heterocycles. The summed E-state index contributed by atoms with van der Waals surface area (Å²) in [6, 6.07) is 15.0. The lowest BCUT2D eigenvalue weighted by Crippen LogP contribution is -2.10. The van der Waals surface area contributed by atoms with Gasteiger partial charge in [-0.1, -0.05) is 11.6 Å². The molecule has 3 aromatic rings. The third-order valence-electron chi connectivity index (χ3n) is 3.75. The van der Waals surface area contributed by atoms with E-state index >= 15 is 0 Å². The molecule has 3 rings (SSSR count). The maximum Gasteiger partial charge on any atom is 0.157 e. The summed E-state index contributed by atoms with van der Waals surface area (Å²) in [5.41, 5.74) is 13.0. The van der Waals surface area contributed by atoms with Crippen molar-refractivity contribution in [2.75, 3.05) is 12.4 Å². The Bertz CT molecular complexity index is 1020. The van der Waals surface area contributed by atoms with Crippen molar-refractivity contribution in [3.63, 3.8) is 0 Å². The average Bonchev–Trinajstić information content (AvgIpc) is 2.62. The number of nitrogens with zero attached hydrogens (tertiary/aromatic N) is 2. The number of nitrogens with one attached hydrogen (secondary N) is 1. The summed E-state index contributed by atoms with van der Waals surface area (Å²) in [4.78, 5) is 8.95. The van der Waals surface area contributed by atoms with E-state index in [9.17, 15) is 0 Å². The fourth-order valence-corrected chi connectivity index (χ4v) is 2.70. The van der Waals surface area contributed by atoms with E-state index in [1.165, 1.54) is 0 Å². The van der Waals surface area contributed by atoms with Gasteiger partial charge >= 0.3 is 0 Å². The molecule has 7 heteroatoms. The van der Waals surface area contributed by atoms with Crippen molar-refractivity contribution >= 4 is 45.5 Å². The Morgan fingerprint density at radius 1 is 1.15 bits per heavy atom. The lowest BCUT2D eigenvalue weighted by Gasteiger charge is -2.11. The smallest absolute Gasteiger partial charge is 0.157 e.